The van der Waals surface area contributed by atoms with Crippen LogP contribution in [-0.4, -0.2) is 50.4 Å². The average Bonchev–Trinajstić information content (AvgIpc) is 2.75. The zero-order valence-corrected chi connectivity index (χ0v) is 21.0. The smallest absolute Gasteiger partial charge is 0.414 e. The lowest BCUT2D eigenvalue weighted by Crippen LogP contribution is -2.70. The molecule has 4 bridgehead atoms. The Labute approximate surface area is 211 Å². The van der Waals surface area contributed by atoms with Crippen LogP contribution in [0.25, 0.3) is 0 Å². The van der Waals surface area contributed by atoms with Gasteiger partial charge in [0.2, 0.25) is 5.88 Å². The van der Waals surface area contributed by atoms with Crippen LogP contribution in [-0.2, 0) is 0 Å². The van der Waals surface area contributed by atoms with Crippen molar-refractivity contribution in [3.05, 3.63) is 47.9 Å². The first-order valence-corrected chi connectivity index (χ1v) is 12.6. The van der Waals surface area contributed by atoms with E-state index in [1.165, 1.54) is 6.20 Å². The van der Waals surface area contributed by atoms with Crippen molar-refractivity contribution in [3.63, 3.8) is 0 Å². The number of hydrogen-bond acceptors (Lipinski definition) is 7. The van der Waals surface area contributed by atoms with E-state index in [4.69, 9.17) is 9.47 Å². The molecule has 1 heterocycles. The standard InChI is InChI=1S/C27H34N4O5/c1-17-13-28-14-22(29-17)36-24(33)31-27-11-18-7-19(12-27)10-26(9-18,15-27)30-23(32)20-5-4-6-21(8-20)35-16-25(2,3)34/h4-6,8,13-14,18-19,34H,7,9-12,15-16H2,1-3H3,(H,30,32)(H,31,33). The Morgan fingerprint density at radius 1 is 1.11 bits per heavy atom. The first kappa shape index (κ1) is 24.5. The van der Waals surface area contributed by atoms with Gasteiger partial charge in [-0.3, -0.25) is 9.78 Å². The van der Waals surface area contributed by atoms with E-state index in [1.54, 1.807) is 51.2 Å². The van der Waals surface area contributed by atoms with E-state index in [0.717, 1.165) is 32.1 Å². The van der Waals surface area contributed by atoms with Crippen LogP contribution in [0.5, 0.6) is 11.6 Å². The van der Waals surface area contributed by atoms with E-state index in [1.807, 2.05) is 0 Å². The Balaban J connectivity index is 1.28. The molecule has 0 aliphatic heterocycles. The minimum absolute atomic E-state index is 0.129. The number of aromatic nitrogens is 2. The predicted octanol–water partition coefficient (Wildman–Crippen LogP) is 3.54. The highest BCUT2D eigenvalue weighted by Crippen LogP contribution is 2.57. The monoisotopic (exact) mass is 494 g/mol. The Morgan fingerprint density at radius 2 is 1.81 bits per heavy atom. The second kappa shape index (κ2) is 9.03. The lowest BCUT2D eigenvalue weighted by molar-refractivity contribution is -0.0449. The molecule has 2 amide bonds. The molecule has 6 rings (SSSR count). The Bertz CT molecular complexity index is 1150. The number of benzene rings is 1. The summed E-state index contributed by atoms with van der Waals surface area (Å²) in [5.74, 6) is 1.43. The molecule has 2 unspecified atom stereocenters. The van der Waals surface area contributed by atoms with Crippen LogP contribution in [0.4, 0.5) is 4.79 Å². The van der Waals surface area contributed by atoms with Gasteiger partial charge in [-0.05, 0) is 89.3 Å². The van der Waals surface area contributed by atoms with E-state index in [2.05, 4.69) is 20.6 Å². The molecular formula is C27H34N4O5. The maximum absolute atomic E-state index is 13.3. The second-order valence-electron chi connectivity index (χ2n) is 11.6. The first-order chi connectivity index (χ1) is 17.0. The van der Waals surface area contributed by atoms with Gasteiger partial charge in [0.25, 0.3) is 5.91 Å². The lowest BCUT2D eigenvalue weighted by atomic mass is 9.50. The number of hydrogen-bond donors (Lipinski definition) is 3. The third-order valence-electron chi connectivity index (χ3n) is 7.43. The van der Waals surface area contributed by atoms with E-state index in [0.29, 0.717) is 35.3 Å². The SMILES string of the molecule is Cc1cncc(OC(=O)NC23CC4CC(C2)CC(NC(=O)c2cccc(OCC(C)(C)O)c2)(C4)C3)n1. The summed E-state index contributed by atoms with van der Waals surface area (Å²) in [5, 5.41) is 16.4. The van der Waals surface area contributed by atoms with Crippen LogP contribution in [0, 0.1) is 18.8 Å². The van der Waals surface area contributed by atoms with Gasteiger partial charge in [0.1, 0.15) is 12.4 Å². The average molecular weight is 495 g/mol. The van der Waals surface area contributed by atoms with E-state index >= 15 is 0 Å². The van der Waals surface area contributed by atoms with Crippen LogP contribution < -0.4 is 20.1 Å². The molecule has 4 aliphatic rings. The van der Waals surface area contributed by atoms with Gasteiger partial charge < -0.3 is 25.2 Å². The van der Waals surface area contributed by atoms with Crippen molar-refractivity contribution in [2.45, 2.75) is 76.0 Å². The number of aryl methyl sites for hydroxylation is 1. The number of carbonyl (C=O) groups is 2. The summed E-state index contributed by atoms with van der Waals surface area (Å²) in [4.78, 5) is 34.4. The predicted molar refractivity (Wildman–Crippen MR) is 132 cm³/mol. The number of ether oxygens (including phenoxy) is 2. The van der Waals surface area contributed by atoms with Gasteiger partial charge in [-0.15, -0.1) is 0 Å². The summed E-state index contributed by atoms with van der Waals surface area (Å²) in [5.41, 5.74) is -0.568. The van der Waals surface area contributed by atoms with Gasteiger partial charge in [0.05, 0.1) is 17.5 Å². The summed E-state index contributed by atoms with van der Waals surface area (Å²) < 4.78 is 11.1. The maximum atomic E-state index is 13.3. The van der Waals surface area contributed by atoms with Gasteiger partial charge in [-0.1, -0.05) is 6.07 Å². The molecule has 4 saturated carbocycles. The zero-order valence-electron chi connectivity index (χ0n) is 21.0. The molecule has 36 heavy (non-hydrogen) atoms. The number of aliphatic hydroxyl groups is 1. The Hall–Kier alpha value is -3.20. The van der Waals surface area contributed by atoms with Gasteiger partial charge in [-0.25, -0.2) is 9.78 Å². The van der Waals surface area contributed by atoms with Crippen LogP contribution in [0.3, 0.4) is 0 Å². The van der Waals surface area contributed by atoms with Crippen LogP contribution in [0.1, 0.15) is 68.4 Å². The second-order valence-corrected chi connectivity index (χ2v) is 11.6. The van der Waals surface area contributed by atoms with E-state index in [9.17, 15) is 14.7 Å². The fraction of sp³-hybridized carbons (Fsp3) is 0.556. The minimum atomic E-state index is -0.966. The molecule has 0 spiro atoms. The summed E-state index contributed by atoms with van der Waals surface area (Å²) >= 11 is 0. The molecule has 0 saturated heterocycles. The number of rotatable bonds is 7. The molecule has 1 aromatic carbocycles. The summed E-state index contributed by atoms with van der Waals surface area (Å²) in [6.07, 6.45) is 7.88. The number of amides is 2. The highest BCUT2D eigenvalue weighted by molar-refractivity contribution is 5.95. The Morgan fingerprint density at radius 3 is 2.47 bits per heavy atom. The number of carbonyl (C=O) groups excluding carboxylic acids is 2. The molecule has 9 heteroatoms. The van der Waals surface area contributed by atoms with E-state index < -0.39 is 17.2 Å². The third-order valence-corrected chi connectivity index (χ3v) is 7.43. The molecule has 1 aromatic heterocycles. The van der Waals surface area contributed by atoms with Crippen molar-refractivity contribution in [2.75, 3.05) is 6.61 Å². The van der Waals surface area contributed by atoms with Gasteiger partial charge in [0, 0.05) is 22.8 Å². The Kier molecular flexibility index (Phi) is 6.14. The van der Waals surface area contributed by atoms with Crippen LogP contribution in [0.2, 0.25) is 0 Å². The highest BCUT2D eigenvalue weighted by atomic mass is 16.6. The zero-order chi connectivity index (χ0) is 25.6. The van der Waals surface area contributed by atoms with Crippen molar-refractivity contribution >= 4 is 12.0 Å². The molecule has 2 atom stereocenters. The third kappa shape index (κ3) is 5.46. The van der Waals surface area contributed by atoms with Gasteiger partial charge in [-0.2, -0.15) is 0 Å². The first-order valence-electron chi connectivity index (χ1n) is 12.6. The molecule has 9 nitrogen and oxygen atoms in total. The lowest BCUT2D eigenvalue weighted by Gasteiger charge is -2.62. The van der Waals surface area contributed by atoms with Gasteiger partial charge >= 0.3 is 6.09 Å². The maximum Gasteiger partial charge on any atom is 0.414 e. The summed E-state index contributed by atoms with van der Waals surface area (Å²) in [6, 6.07) is 7.02. The molecule has 4 fully saturated rings. The molecule has 2 aromatic rings. The van der Waals surface area contributed by atoms with Crippen molar-refractivity contribution in [1.29, 1.82) is 0 Å². The fourth-order valence-corrected chi connectivity index (χ4v) is 6.68. The normalized spacial score (nSPS) is 28.4. The number of nitrogens with one attached hydrogen (secondary N) is 2. The minimum Gasteiger partial charge on any atom is -0.491 e. The van der Waals surface area contributed by atoms with Crippen LogP contribution in [0.15, 0.2) is 36.7 Å². The quantitative estimate of drug-likeness (QED) is 0.538. The van der Waals surface area contributed by atoms with E-state index in [-0.39, 0.29) is 23.9 Å². The highest BCUT2D eigenvalue weighted by Gasteiger charge is 2.59. The molecule has 4 aliphatic carbocycles. The summed E-state index contributed by atoms with van der Waals surface area (Å²) in [6.45, 7) is 5.26. The van der Waals surface area contributed by atoms with Crippen molar-refractivity contribution in [3.8, 4) is 11.6 Å². The van der Waals surface area contributed by atoms with Crippen molar-refractivity contribution in [2.24, 2.45) is 11.8 Å². The van der Waals surface area contributed by atoms with Crippen molar-refractivity contribution in [1.82, 2.24) is 20.6 Å². The summed E-state index contributed by atoms with van der Waals surface area (Å²) in [7, 11) is 0. The molecule has 3 N–H and O–H groups in total. The van der Waals surface area contributed by atoms with Gasteiger partial charge in [0.15, 0.2) is 0 Å². The number of nitrogens with zero attached hydrogens (tertiary/aromatic N) is 2. The molecule has 192 valence electrons. The fourth-order valence-electron chi connectivity index (χ4n) is 6.68. The molecular weight excluding hydrogens is 460 g/mol. The molecule has 0 radical (unpaired) electrons. The van der Waals surface area contributed by atoms with Crippen molar-refractivity contribution < 1.29 is 24.2 Å². The largest absolute Gasteiger partial charge is 0.491 e. The van der Waals surface area contributed by atoms with Crippen LogP contribution >= 0.6 is 0 Å². The topological polar surface area (TPSA) is 123 Å².